The second kappa shape index (κ2) is 20.7. The summed E-state index contributed by atoms with van der Waals surface area (Å²) in [5.74, 6) is -1.52. The van der Waals surface area contributed by atoms with Crippen molar-refractivity contribution in [2.75, 3.05) is 10.6 Å². The summed E-state index contributed by atoms with van der Waals surface area (Å²) < 4.78 is 12.2. The number of carbonyl (C=O) groups is 4. The molecule has 7 aromatic rings. The minimum atomic E-state index is -0.657. The van der Waals surface area contributed by atoms with Gasteiger partial charge in [0.25, 0.3) is 11.8 Å². The third kappa shape index (κ3) is 13.1. The summed E-state index contributed by atoms with van der Waals surface area (Å²) in [5, 5.41) is 5.88. The second-order valence-corrected chi connectivity index (χ2v) is 18.6. The van der Waals surface area contributed by atoms with Gasteiger partial charge in [0, 0.05) is 27.1 Å². The van der Waals surface area contributed by atoms with Gasteiger partial charge in [-0.05, 0) is 183 Å². The van der Waals surface area contributed by atoms with Crippen LogP contribution in [-0.2, 0) is 9.47 Å². The lowest BCUT2D eigenvalue weighted by Crippen LogP contribution is -2.25. The van der Waals surface area contributed by atoms with Gasteiger partial charge in [0.15, 0.2) is 0 Å². The van der Waals surface area contributed by atoms with Gasteiger partial charge in [-0.2, -0.15) is 0 Å². The van der Waals surface area contributed by atoms with Crippen LogP contribution in [0.15, 0.2) is 158 Å². The smallest absolute Gasteiger partial charge is 0.340 e. The number of hydrogen-bond acceptors (Lipinski definition) is 7. The summed E-state index contributed by atoms with van der Waals surface area (Å²) in [7, 11) is 0. The van der Waals surface area contributed by atoms with Crippen molar-refractivity contribution in [1.82, 2.24) is 4.98 Å². The Morgan fingerprint density at radius 1 is 0.446 bits per heavy atom. The van der Waals surface area contributed by atoms with Gasteiger partial charge in [0.05, 0.1) is 22.5 Å². The number of carbonyl (C=O) groups excluding carboxylic acids is 4. The summed E-state index contributed by atoms with van der Waals surface area (Å²) in [5.41, 5.74) is 8.75. The molecule has 10 heteroatoms. The Hall–Kier alpha value is -6.92. The zero-order valence-corrected chi connectivity index (χ0v) is 39.9. The predicted molar refractivity (Wildman–Crippen MR) is 268 cm³/mol. The van der Waals surface area contributed by atoms with E-state index in [4.69, 9.17) is 9.47 Å². The molecule has 1 aromatic heterocycles. The molecule has 330 valence electrons. The predicted octanol–water partition coefficient (Wildman–Crippen LogP) is 13.4. The fourth-order valence-electron chi connectivity index (χ4n) is 6.84. The Balaban J connectivity index is 0.000000218. The third-order valence-electron chi connectivity index (χ3n) is 9.91. The van der Waals surface area contributed by atoms with E-state index in [0.717, 1.165) is 48.1 Å². The van der Waals surface area contributed by atoms with E-state index < -0.39 is 23.1 Å². The molecule has 0 bridgehead atoms. The molecule has 2 amide bonds. The summed E-state index contributed by atoms with van der Waals surface area (Å²) in [6.07, 6.45) is 3.48. The Kier molecular flexibility index (Phi) is 15.2. The van der Waals surface area contributed by atoms with Crippen molar-refractivity contribution in [1.29, 1.82) is 0 Å². The molecule has 7 rings (SSSR count). The summed E-state index contributed by atoms with van der Waals surface area (Å²) in [6.45, 7) is 14.7. The highest BCUT2D eigenvalue weighted by molar-refractivity contribution is 14.1. The number of aryl methyl sites for hydroxylation is 2. The lowest BCUT2D eigenvalue weighted by Gasteiger charge is -2.21. The number of halogens is 1. The van der Waals surface area contributed by atoms with E-state index in [1.807, 2.05) is 177 Å². The molecule has 9 nitrogen and oxygen atoms in total. The number of benzene rings is 6. The number of amides is 2. The van der Waals surface area contributed by atoms with Crippen LogP contribution in [-0.4, -0.2) is 39.9 Å². The maximum absolute atomic E-state index is 13.3. The van der Waals surface area contributed by atoms with Gasteiger partial charge in [-0.3, -0.25) is 14.6 Å². The zero-order chi connectivity index (χ0) is 46.9. The van der Waals surface area contributed by atoms with Gasteiger partial charge in [0.2, 0.25) is 0 Å². The molecule has 0 aliphatic rings. The number of aromatic nitrogens is 1. The van der Waals surface area contributed by atoms with Crippen LogP contribution in [0.2, 0.25) is 0 Å². The number of rotatable bonds is 9. The summed E-state index contributed by atoms with van der Waals surface area (Å²) in [4.78, 5) is 56.1. The molecule has 0 saturated heterocycles. The van der Waals surface area contributed by atoms with E-state index in [-0.39, 0.29) is 11.8 Å². The van der Waals surface area contributed by atoms with E-state index in [2.05, 4.69) is 38.2 Å². The topological polar surface area (TPSA) is 124 Å². The molecule has 6 aromatic carbocycles. The molecule has 0 radical (unpaired) electrons. The number of esters is 2. The van der Waals surface area contributed by atoms with Gasteiger partial charge in [-0.1, -0.05) is 84.9 Å². The average molecular weight is 978 g/mol. The number of anilines is 2. The van der Waals surface area contributed by atoms with Crippen molar-refractivity contribution < 1.29 is 28.7 Å². The molecular weight excluding hydrogens is 926 g/mol. The minimum Gasteiger partial charge on any atom is -0.456 e. The zero-order valence-electron chi connectivity index (χ0n) is 37.8. The van der Waals surface area contributed by atoms with Crippen LogP contribution in [0.3, 0.4) is 0 Å². The Labute approximate surface area is 394 Å². The van der Waals surface area contributed by atoms with Gasteiger partial charge in [-0.15, -0.1) is 0 Å². The average Bonchev–Trinajstić information content (AvgIpc) is 3.26. The van der Waals surface area contributed by atoms with Gasteiger partial charge >= 0.3 is 11.9 Å². The van der Waals surface area contributed by atoms with Crippen LogP contribution in [0.1, 0.15) is 94.1 Å². The number of hydrogen-bond donors (Lipinski definition) is 2. The van der Waals surface area contributed by atoms with Crippen LogP contribution in [0.4, 0.5) is 11.4 Å². The molecule has 0 spiro atoms. The highest BCUT2D eigenvalue weighted by atomic mass is 127. The molecule has 0 unspecified atom stereocenters. The third-order valence-corrected chi connectivity index (χ3v) is 10.6. The van der Waals surface area contributed by atoms with Crippen LogP contribution in [0, 0.1) is 17.4 Å². The van der Waals surface area contributed by atoms with E-state index in [0.29, 0.717) is 33.6 Å². The molecule has 0 saturated carbocycles. The SMILES string of the molecule is Cc1cc(-c2ccncc2)ccc1C(=O)Nc1cc(-c2ccccc2)ccc1C(=O)OC(C)(C)C.Cc1cc(I)ccc1C(=O)Nc1cc(-c2ccccc2)ccc1C(=O)OC(C)(C)C. The Bertz CT molecular complexity index is 2830. The first kappa shape index (κ1) is 47.6. The van der Waals surface area contributed by atoms with Crippen LogP contribution in [0.5, 0.6) is 0 Å². The van der Waals surface area contributed by atoms with E-state index in [9.17, 15) is 19.2 Å². The molecule has 0 atom stereocenters. The van der Waals surface area contributed by atoms with E-state index in [1.54, 1.807) is 36.7 Å². The van der Waals surface area contributed by atoms with Gasteiger partial charge in [-0.25, -0.2) is 9.59 Å². The Morgan fingerprint density at radius 3 is 1.22 bits per heavy atom. The highest BCUT2D eigenvalue weighted by Gasteiger charge is 2.24. The largest absolute Gasteiger partial charge is 0.456 e. The Morgan fingerprint density at radius 2 is 0.815 bits per heavy atom. The molecule has 0 aliphatic carbocycles. The monoisotopic (exact) mass is 977 g/mol. The van der Waals surface area contributed by atoms with E-state index in [1.165, 1.54) is 0 Å². The van der Waals surface area contributed by atoms with Crippen molar-refractivity contribution in [3.05, 3.63) is 195 Å². The summed E-state index contributed by atoms with van der Waals surface area (Å²) in [6, 6.07) is 45.5. The lowest BCUT2D eigenvalue weighted by atomic mass is 9.99. The van der Waals surface area contributed by atoms with Crippen LogP contribution in [0.25, 0.3) is 33.4 Å². The molecular formula is C55H52IN3O6. The maximum Gasteiger partial charge on any atom is 0.340 e. The number of ether oxygens (including phenoxy) is 2. The number of pyridine rings is 1. The first-order valence-corrected chi connectivity index (χ1v) is 22.2. The van der Waals surface area contributed by atoms with Crippen LogP contribution < -0.4 is 10.6 Å². The van der Waals surface area contributed by atoms with Gasteiger partial charge < -0.3 is 20.1 Å². The van der Waals surface area contributed by atoms with Crippen LogP contribution >= 0.6 is 22.6 Å². The highest BCUT2D eigenvalue weighted by Crippen LogP contribution is 2.31. The first-order valence-electron chi connectivity index (χ1n) is 21.1. The molecule has 2 N–H and O–H groups in total. The molecule has 65 heavy (non-hydrogen) atoms. The number of nitrogens with zero attached hydrogens (tertiary/aromatic N) is 1. The lowest BCUT2D eigenvalue weighted by molar-refractivity contribution is 0.00580. The quantitative estimate of drug-likeness (QED) is 0.109. The van der Waals surface area contributed by atoms with Crippen molar-refractivity contribution in [2.24, 2.45) is 0 Å². The van der Waals surface area contributed by atoms with E-state index >= 15 is 0 Å². The number of nitrogens with one attached hydrogen (secondary N) is 2. The molecule has 0 fully saturated rings. The summed E-state index contributed by atoms with van der Waals surface area (Å²) >= 11 is 2.21. The fraction of sp³-hybridized carbons (Fsp3) is 0.182. The minimum absolute atomic E-state index is 0.265. The van der Waals surface area contributed by atoms with Crippen molar-refractivity contribution in [3.8, 4) is 33.4 Å². The van der Waals surface area contributed by atoms with Crippen molar-refractivity contribution in [2.45, 2.75) is 66.6 Å². The maximum atomic E-state index is 13.3. The standard InChI is InChI=1S/C30H28N2O3.C25H24INO3/c1-20-18-23(22-14-16-31-17-15-22)10-12-25(20)28(33)32-27-19-24(21-8-6-5-7-9-21)11-13-26(27)29(34)35-30(2,3)4;1-16-14-19(26)11-13-20(16)23(28)27-22-15-18(17-8-6-5-7-9-17)10-12-21(22)24(29)30-25(2,3)4/h5-19H,1-4H3,(H,32,33);5-15H,1-4H3,(H,27,28). The van der Waals surface area contributed by atoms with Crippen molar-refractivity contribution >= 4 is 57.7 Å². The van der Waals surface area contributed by atoms with Gasteiger partial charge in [0.1, 0.15) is 11.2 Å². The van der Waals surface area contributed by atoms with Crippen molar-refractivity contribution in [3.63, 3.8) is 0 Å². The fourth-order valence-corrected chi connectivity index (χ4v) is 7.49. The normalized spacial score (nSPS) is 11.1. The first-order chi connectivity index (χ1) is 30.8. The molecule has 1 heterocycles. The second-order valence-electron chi connectivity index (χ2n) is 17.4. The molecule has 0 aliphatic heterocycles.